The van der Waals surface area contributed by atoms with Gasteiger partial charge in [-0.05, 0) is 43.9 Å². The quantitative estimate of drug-likeness (QED) is 0.571. The van der Waals surface area contributed by atoms with Gasteiger partial charge < -0.3 is 30.1 Å². The van der Waals surface area contributed by atoms with E-state index in [2.05, 4.69) is 9.72 Å². The van der Waals surface area contributed by atoms with Crippen LogP contribution >= 0.6 is 0 Å². The Hall–Kier alpha value is -2.88. The summed E-state index contributed by atoms with van der Waals surface area (Å²) in [6, 6.07) is 4.43. The second kappa shape index (κ2) is 8.93. The van der Waals surface area contributed by atoms with E-state index in [1.54, 1.807) is 6.92 Å². The molecule has 0 radical (unpaired) electrons. The van der Waals surface area contributed by atoms with Crippen molar-refractivity contribution >= 4 is 6.09 Å². The van der Waals surface area contributed by atoms with Crippen LogP contribution in [0.25, 0.3) is 11.5 Å². The third kappa shape index (κ3) is 5.12. The van der Waals surface area contributed by atoms with E-state index in [9.17, 15) is 13.6 Å². The number of halogens is 2. The Balaban J connectivity index is 2.03. The molecule has 1 aromatic heterocycles. The number of nitrogens with zero attached hydrogens (tertiary/aromatic N) is 1. The zero-order valence-corrected chi connectivity index (χ0v) is 18.6. The van der Waals surface area contributed by atoms with Crippen molar-refractivity contribution in [2.75, 3.05) is 6.61 Å². The molecule has 1 aromatic carbocycles. The van der Waals surface area contributed by atoms with Crippen LogP contribution in [0, 0.1) is 11.3 Å². The first-order valence-electron chi connectivity index (χ1n) is 10.4. The maximum absolute atomic E-state index is 12.8. The van der Waals surface area contributed by atoms with Gasteiger partial charge in [0, 0.05) is 17.5 Å². The molecule has 0 bridgehead atoms. The van der Waals surface area contributed by atoms with Gasteiger partial charge in [0.1, 0.15) is 5.69 Å². The van der Waals surface area contributed by atoms with Crippen molar-refractivity contribution in [2.45, 2.75) is 59.3 Å². The molecule has 1 aliphatic rings. The molecule has 4 N–H and O–H groups in total. The predicted octanol–water partition coefficient (Wildman–Crippen LogP) is 4.55. The molecule has 1 unspecified atom stereocenters. The standard InChI is InChI=1S/C22H29F2N3O5/c1-21(2,3)22(4,32-20(26)28)17-14(10-25)27-18(31-17)13-7-8-15(30-19(23)24)16(9-13)29-11-12-5-6-12/h7-9,12,19H,5-6,10-11,25H2,1-4H3,(H2,26,28). The van der Waals surface area contributed by atoms with Crippen molar-refractivity contribution < 1.29 is 32.2 Å². The van der Waals surface area contributed by atoms with E-state index in [0.29, 0.717) is 23.8 Å². The van der Waals surface area contributed by atoms with Crippen molar-refractivity contribution in [3.63, 3.8) is 0 Å². The van der Waals surface area contributed by atoms with Gasteiger partial charge in [-0.1, -0.05) is 20.8 Å². The number of nitrogens with two attached hydrogens (primary N) is 2. The van der Waals surface area contributed by atoms with Gasteiger partial charge in [0.25, 0.3) is 0 Å². The summed E-state index contributed by atoms with van der Waals surface area (Å²) in [6.45, 7) is 4.69. The van der Waals surface area contributed by atoms with Crippen molar-refractivity contribution in [1.29, 1.82) is 0 Å². The highest BCUT2D eigenvalue weighted by atomic mass is 19.3. The fourth-order valence-corrected chi connectivity index (χ4v) is 3.17. The molecule has 1 heterocycles. The molecule has 1 atom stereocenters. The van der Waals surface area contributed by atoms with Crippen LogP contribution in [0.2, 0.25) is 0 Å². The Kier molecular flexibility index (Phi) is 6.64. The molecule has 176 valence electrons. The number of alkyl halides is 2. The van der Waals surface area contributed by atoms with E-state index in [4.69, 9.17) is 25.4 Å². The molecule has 1 fully saturated rings. The van der Waals surface area contributed by atoms with E-state index < -0.39 is 23.7 Å². The van der Waals surface area contributed by atoms with Gasteiger partial charge in [0.15, 0.2) is 22.9 Å². The molecule has 2 aromatic rings. The monoisotopic (exact) mass is 453 g/mol. The third-order valence-electron chi connectivity index (χ3n) is 5.64. The lowest BCUT2D eigenvalue weighted by Crippen LogP contribution is -2.43. The van der Waals surface area contributed by atoms with Crippen molar-refractivity contribution in [1.82, 2.24) is 4.98 Å². The van der Waals surface area contributed by atoms with Crippen LogP contribution in [0.1, 0.15) is 52.0 Å². The highest BCUT2D eigenvalue weighted by Gasteiger charge is 2.47. The van der Waals surface area contributed by atoms with Gasteiger partial charge in [-0.25, -0.2) is 9.78 Å². The second-order valence-corrected chi connectivity index (χ2v) is 9.00. The lowest BCUT2D eigenvalue weighted by atomic mass is 9.75. The minimum absolute atomic E-state index is 0.0181. The highest BCUT2D eigenvalue weighted by Crippen LogP contribution is 2.45. The van der Waals surface area contributed by atoms with E-state index in [1.165, 1.54) is 18.2 Å². The summed E-state index contributed by atoms with van der Waals surface area (Å²) in [4.78, 5) is 16.1. The van der Waals surface area contributed by atoms with Gasteiger partial charge >= 0.3 is 12.7 Å². The van der Waals surface area contributed by atoms with Crippen LogP contribution in [0.15, 0.2) is 22.6 Å². The number of oxazole rings is 1. The smallest absolute Gasteiger partial charge is 0.405 e. The normalized spacial score (nSPS) is 16.0. The van der Waals surface area contributed by atoms with E-state index in [0.717, 1.165) is 12.8 Å². The molecule has 1 aliphatic carbocycles. The Bertz CT molecular complexity index is 969. The van der Waals surface area contributed by atoms with Gasteiger partial charge in [0.05, 0.1) is 6.61 Å². The molecule has 10 heteroatoms. The molecular formula is C22H29F2N3O5. The summed E-state index contributed by atoms with van der Waals surface area (Å²) in [6.07, 6.45) is 1.12. The summed E-state index contributed by atoms with van der Waals surface area (Å²) in [7, 11) is 0. The van der Waals surface area contributed by atoms with Crippen LogP contribution in [-0.2, 0) is 16.9 Å². The Labute approximate surface area is 185 Å². The summed E-state index contributed by atoms with van der Waals surface area (Å²) >= 11 is 0. The predicted molar refractivity (Wildman–Crippen MR) is 112 cm³/mol. The number of hydrogen-bond acceptors (Lipinski definition) is 7. The van der Waals surface area contributed by atoms with Crippen LogP contribution < -0.4 is 20.9 Å². The van der Waals surface area contributed by atoms with Gasteiger partial charge in [-0.15, -0.1) is 0 Å². The number of ether oxygens (including phenoxy) is 3. The van der Waals surface area contributed by atoms with E-state index in [1.807, 2.05) is 20.8 Å². The molecule has 1 amide bonds. The number of carbonyl (C=O) groups excluding carboxylic acids is 1. The highest BCUT2D eigenvalue weighted by molar-refractivity contribution is 5.66. The fraction of sp³-hybridized carbons (Fsp3) is 0.545. The largest absolute Gasteiger partial charge is 0.489 e. The molecule has 0 aliphatic heterocycles. The van der Waals surface area contributed by atoms with E-state index in [-0.39, 0.29) is 29.7 Å². The molecule has 32 heavy (non-hydrogen) atoms. The number of amides is 1. The van der Waals surface area contributed by atoms with Crippen molar-refractivity contribution in [3.05, 3.63) is 29.7 Å². The lowest BCUT2D eigenvalue weighted by Gasteiger charge is -2.39. The average molecular weight is 453 g/mol. The van der Waals surface area contributed by atoms with Crippen LogP contribution in [-0.4, -0.2) is 24.3 Å². The first-order chi connectivity index (χ1) is 14.9. The van der Waals surface area contributed by atoms with E-state index >= 15 is 0 Å². The lowest BCUT2D eigenvalue weighted by molar-refractivity contribution is -0.0710. The summed E-state index contributed by atoms with van der Waals surface area (Å²) < 4.78 is 47.4. The first kappa shape index (κ1) is 23.8. The van der Waals surface area contributed by atoms with Crippen LogP contribution in [0.5, 0.6) is 11.5 Å². The Morgan fingerprint density at radius 2 is 1.94 bits per heavy atom. The number of rotatable bonds is 9. The van der Waals surface area contributed by atoms with Gasteiger partial charge in [0.2, 0.25) is 5.89 Å². The topological polar surface area (TPSA) is 123 Å². The molecule has 3 rings (SSSR count). The number of aromatic nitrogens is 1. The Morgan fingerprint density at radius 3 is 2.47 bits per heavy atom. The molecular weight excluding hydrogens is 424 g/mol. The zero-order chi connectivity index (χ0) is 23.7. The van der Waals surface area contributed by atoms with Crippen LogP contribution in [0.4, 0.5) is 13.6 Å². The number of carbonyl (C=O) groups is 1. The van der Waals surface area contributed by atoms with Gasteiger partial charge in [-0.2, -0.15) is 8.78 Å². The molecule has 0 saturated heterocycles. The number of benzene rings is 1. The average Bonchev–Trinajstić information content (AvgIpc) is 3.41. The summed E-state index contributed by atoms with van der Waals surface area (Å²) in [5, 5.41) is 0. The molecule has 1 saturated carbocycles. The molecule has 8 nitrogen and oxygen atoms in total. The Morgan fingerprint density at radius 1 is 1.25 bits per heavy atom. The third-order valence-corrected chi connectivity index (χ3v) is 5.64. The van der Waals surface area contributed by atoms with Crippen molar-refractivity contribution in [2.24, 2.45) is 22.8 Å². The maximum atomic E-state index is 12.8. The minimum Gasteiger partial charge on any atom is -0.489 e. The number of primary amides is 1. The van der Waals surface area contributed by atoms with Crippen molar-refractivity contribution in [3.8, 4) is 23.0 Å². The SMILES string of the molecule is CC(C)(C)C(C)(OC(N)=O)c1oc(-c2ccc(OC(F)F)c(OCC3CC3)c2)nc1CN. The van der Waals surface area contributed by atoms with Crippen LogP contribution in [0.3, 0.4) is 0 Å². The fourth-order valence-electron chi connectivity index (χ4n) is 3.17. The first-order valence-corrected chi connectivity index (χ1v) is 10.4. The number of hydrogen-bond donors (Lipinski definition) is 2. The second-order valence-electron chi connectivity index (χ2n) is 9.00. The minimum atomic E-state index is -2.99. The summed E-state index contributed by atoms with van der Waals surface area (Å²) in [5.41, 5.74) is 10.2. The van der Waals surface area contributed by atoms with Gasteiger partial charge in [-0.3, -0.25) is 0 Å². The molecule has 0 spiro atoms. The maximum Gasteiger partial charge on any atom is 0.405 e. The zero-order valence-electron chi connectivity index (χ0n) is 18.6. The summed E-state index contributed by atoms with van der Waals surface area (Å²) in [5.74, 6) is 0.926.